The van der Waals surface area contributed by atoms with E-state index in [1.165, 1.54) is 41.7 Å². The first-order valence-corrected chi connectivity index (χ1v) is 8.79. The molecule has 0 aliphatic heterocycles. The van der Waals surface area contributed by atoms with Crippen molar-refractivity contribution in [2.75, 3.05) is 5.32 Å². The Morgan fingerprint density at radius 1 is 1.22 bits per heavy atom. The number of thiazole rings is 1. The van der Waals surface area contributed by atoms with Crippen LogP contribution in [0, 0.1) is 15.9 Å². The van der Waals surface area contributed by atoms with Crippen LogP contribution in [0.2, 0.25) is 0 Å². The molecule has 0 radical (unpaired) electrons. The molecule has 7 nitrogen and oxygen atoms in total. The number of hydrogen-bond acceptors (Lipinski definition) is 6. The van der Waals surface area contributed by atoms with Crippen LogP contribution in [-0.2, 0) is 0 Å². The summed E-state index contributed by atoms with van der Waals surface area (Å²) in [6, 6.07) is 11.3. The van der Waals surface area contributed by atoms with Gasteiger partial charge in [-0.15, -0.1) is 11.3 Å². The molecule has 0 unspecified atom stereocenters. The van der Waals surface area contributed by atoms with Gasteiger partial charge in [0.05, 0.1) is 10.6 Å². The van der Waals surface area contributed by atoms with Gasteiger partial charge in [0, 0.05) is 28.6 Å². The average molecular weight is 402 g/mol. The number of non-ortho nitro benzene ring substituents is 1. The molecule has 0 spiro atoms. The molecule has 2 N–H and O–H groups in total. The van der Waals surface area contributed by atoms with Crippen LogP contribution in [-0.4, -0.2) is 20.9 Å². The molecule has 1 aromatic heterocycles. The number of carbonyl (C=O) groups is 1. The van der Waals surface area contributed by atoms with Gasteiger partial charge in [-0.05, 0) is 30.4 Å². The van der Waals surface area contributed by atoms with Crippen LogP contribution in [0.1, 0.15) is 10.4 Å². The fourth-order valence-corrected chi connectivity index (χ4v) is 3.15. The molecule has 10 heteroatoms. The Hall–Kier alpha value is -3.24. The highest BCUT2D eigenvalue weighted by Gasteiger charge is 2.12. The van der Waals surface area contributed by atoms with E-state index in [4.69, 9.17) is 12.2 Å². The number of nitro benzene ring substituents is 1. The van der Waals surface area contributed by atoms with Crippen molar-refractivity contribution in [1.29, 1.82) is 0 Å². The van der Waals surface area contributed by atoms with Gasteiger partial charge in [0.25, 0.3) is 11.6 Å². The van der Waals surface area contributed by atoms with E-state index in [9.17, 15) is 19.3 Å². The number of rotatable bonds is 4. The minimum absolute atomic E-state index is 0.00389. The zero-order valence-corrected chi connectivity index (χ0v) is 15.1. The second-order valence-corrected chi connectivity index (χ2v) is 6.53. The van der Waals surface area contributed by atoms with Crippen molar-refractivity contribution < 1.29 is 14.1 Å². The van der Waals surface area contributed by atoms with Crippen LogP contribution in [0.3, 0.4) is 0 Å². The third kappa shape index (κ3) is 4.68. The van der Waals surface area contributed by atoms with Crippen molar-refractivity contribution >= 4 is 45.4 Å². The lowest BCUT2D eigenvalue weighted by Gasteiger charge is -2.07. The predicted molar refractivity (Wildman–Crippen MR) is 104 cm³/mol. The first-order chi connectivity index (χ1) is 12.9. The van der Waals surface area contributed by atoms with Crippen molar-refractivity contribution in [3.8, 4) is 11.3 Å². The van der Waals surface area contributed by atoms with Crippen molar-refractivity contribution in [2.24, 2.45) is 0 Å². The molecular weight excluding hydrogens is 391 g/mol. The predicted octanol–water partition coefficient (Wildman–Crippen LogP) is 3.98. The molecule has 0 saturated carbocycles. The summed E-state index contributed by atoms with van der Waals surface area (Å²) in [5, 5.41) is 18.2. The van der Waals surface area contributed by atoms with Gasteiger partial charge in [-0.2, -0.15) is 0 Å². The summed E-state index contributed by atoms with van der Waals surface area (Å²) in [7, 11) is 0. The Labute approximate surface area is 162 Å². The minimum Gasteiger partial charge on any atom is -0.308 e. The highest BCUT2D eigenvalue weighted by atomic mass is 32.1. The molecule has 2 aromatic carbocycles. The molecular formula is C17H11FN4O3S2. The van der Waals surface area contributed by atoms with E-state index in [1.54, 1.807) is 17.5 Å². The fourth-order valence-electron chi connectivity index (χ4n) is 2.18. The van der Waals surface area contributed by atoms with E-state index in [2.05, 4.69) is 15.6 Å². The maximum atomic E-state index is 13.2. The van der Waals surface area contributed by atoms with Gasteiger partial charge in [0.15, 0.2) is 10.2 Å². The maximum absolute atomic E-state index is 13.2. The van der Waals surface area contributed by atoms with Crippen LogP contribution in [0.15, 0.2) is 53.9 Å². The summed E-state index contributed by atoms with van der Waals surface area (Å²) in [4.78, 5) is 26.7. The largest absolute Gasteiger partial charge is 0.308 e. The summed E-state index contributed by atoms with van der Waals surface area (Å²) >= 11 is 6.29. The van der Waals surface area contributed by atoms with E-state index in [-0.39, 0.29) is 16.4 Å². The van der Waals surface area contributed by atoms with Crippen LogP contribution >= 0.6 is 23.6 Å². The normalized spacial score (nSPS) is 10.3. The summed E-state index contributed by atoms with van der Waals surface area (Å²) in [5.74, 6) is -1.08. The lowest BCUT2D eigenvalue weighted by atomic mass is 10.1. The molecule has 1 heterocycles. The Morgan fingerprint density at radius 2 is 2.00 bits per heavy atom. The molecule has 3 rings (SSSR count). The van der Waals surface area contributed by atoms with E-state index in [0.29, 0.717) is 16.4 Å². The summed E-state index contributed by atoms with van der Waals surface area (Å²) < 4.78 is 13.2. The quantitative estimate of drug-likeness (QED) is 0.389. The van der Waals surface area contributed by atoms with Gasteiger partial charge in [0.2, 0.25) is 0 Å². The monoisotopic (exact) mass is 402 g/mol. The standard InChI is InChI=1S/C17H11FN4O3S2/c18-12-5-1-4-11(7-12)15(23)20-16(26)21-17-19-14(9-27-17)10-3-2-6-13(8-10)22(24)25/h1-9H,(H2,19,20,21,23,26). The number of aromatic nitrogens is 1. The van der Waals surface area contributed by atoms with E-state index in [0.717, 1.165) is 6.07 Å². The van der Waals surface area contributed by atoms with Crippen LogP contribution in [0.4, 0.5) is 15.2 Å². The SMILES string of the molecule is O=C(NC(=S)Nc1nc(-c2cccc([N+](=O)[O-])c2)cs1)c1cccc(F)c1. The Balaban J connectivity index is 1.67. The van der Waals surface area contributed by atoms with Crippen LogP contribution in [0.5, 0.6) is 0 Å². The zero-order valence-electron chi connectivity index (χ0n) is 13.5. The van der Waals surface area contributed by atoms with Gasteiger partial charge in [0.1, 0.15) is 5.82 Å². The number of thiocarbonyl (C=S) groups is 1. The van der Waals surface area contributed by atoms with Gasteiger partial charge in [-0.25, -0.2) is 9.37 Å². The molecule has 27 heavy (non-hydrogen) atoms. The number of amides is 1. The summed E-state index contributed by atoms with van der Waals surface area (Å²) in [6.07, 6.45) is 0. The van der Waals surface area contributed by atoms with E-state index in [1.807, 2.05) is 0 Å². The Kier molecular flexibility index (Phi) is 5.48. The van der Waals surface area contributed by atoms with E-state index < -0.39 is 16.6 Å². The average Bonchev–Trinajstić information content (AvgIpc) is 3.10. The molecule has 0 atom stereocenters. The Bertz CT molecular complexity index is 1040. The molecule has 0 fully saturated rings. The second kappa shape index (κ2) is 7.98. The lowest BCUT2D eigenvalue weighted by Crippen LogP contribution is -2.34. The fraction of sp³-hybridized carbons (Fsp3) is 0. The molecule has 1 amide bonds. The molecule has 136 valence electrons. The van der Waals surface area contributed by atoms with Crippen molar-refractivity contribution in [1.82, 2.24) is 10.3 Å². The number of anilines is 1. The van der Waals surface area contributed by atoms with Gasteiger partial charge in [-0.1, -0.05) is 18.2 Å². The minimum atomic E-state index is -0.553. The molecule has 3 aromatic rings. The van der Waals surface area contributed by atoms with Crippen LogP contribution < -0.4 is 10.6 Å². The third-order valence-corrected chi connectivity index (χ3v) is 4.35. The van der Waals surface area contributed by atoms with E-state index >= 15 is 0 Å². The highest BCUT2D eigenvalue weighted by molar-refractivity contribution is 7.80. The molecule has 0 bridgehead atoms. The lowest BCUT2D eigenvalue weighted by molar-refractivity contribution is -0.384. The van der Waals surface area contributed by atoms with Crippen molar-refractivity contribution in [3.05, 3.63) is 75.4 Å². The summed E-state index contributed by atoms with van der Waals surface area (Å²) in [6.45, 7) is 0. The second-order valence-electron chi connectivity index (χ2n) is 5.26. The summed E-state index contributed by atoms with van der Waals surface area (Å²) in [5.41, 5.74) is 1.22. The number of hydrogen-bond donors (Lipinski definition) is 2. The zero-order chi connectivity index (χ0) is 19.4. The Morgan fingerprint density at radius 3 is 2.74 bits per heavy atom. The maximum Gasteiger partial charge on any atom is 0.270 e. The number of nitro groups is 1. The number of halogens is 1. The molecule has 0 aliphatic rings. The first-order valence-electron chi connectivity index (χ1n) is 7.50. The number of nitrogens with one attached hydrogen (secondary N) is 2. The van der Waals surface area contributed by atoms with Crippen molar-refractivity contribution in [3.63, 3.8) is 0 Å². The highest BCUT2D eigenvalue weighted by Crippen LogP contribution is 2.27. The van der Waals surface area contributed by atoms with Gasteiger partial charge < -0.3 is 5.32 Å². The van der Waals surface area contributed by atoms with Crippen molar-refractivity contribution in [2.45, 2.75) is 0 Å². The van der Waals surface area contributed by atoms with Crippen LogP contribution in [0.25, 0.3) is 11.3 Å². The number of benzene rings is 2. The first kappa shape index (κ1) is 18.5. The van der Waals surface area contributed by atoms with Gasteiger partial charge >= 0.3 is 0 Å². The van der Waals surface area contributed by atoms with Gasteiger partial charge in [-0.3, -0.25) is 20.2 Å². The third-order valence-electron chi connectivity index (χ3n) is 3.39. The topological polar surface area (TPSA) is 97.2 Å². The number of carbonyl (C=O) groups excluding carboxylic acids is 1. The smallest absolute Gasteiger partial charge is 0.270 e. The number of nitrogens with zero attached hydrogens (tertiary/aromatic N) is 2. The molecule has 0 aliphatic carbocycles. The molecule has 0 saturated heterocycles.